The van der Waals surface area contributed by atoms with Crippen LogP contribution in [-0.2, 0) is 4.74 Å². The van der Waals surface area contributed by atoms with E-state index in [-0.39, 0.29) is 23.8 Å². The fourth-order valence-corrected chi connectivity index (χ4v) is 3.74. The quantitative estimate of drug-likeness (QED) is 0.780. The highest BCUT2D eigenvalue weighted by atomic mass is 35.5. The summed E-state index contributed by atoms with van der Waals surface area (Å²) >= 11 is 6.43. The maximum Gasteiger partial charge on any atom is 0.255 e. The summed E-state index contributed by atoms with van der Waals surface area (Å²) in [5.74, 6) is 0.149. The number of carbonyl (C=O) groups is 1. The van der Waals surface area contributed by atoms with Crippen LogP contribution in [0.15, 0.2) is 24.3 Å². The maximum atomic E-state index is 13.1. The van der Waals surface area contributed by atoms with Gasteiger partial charge in [-0.3, -0.25) is 4.79 Å². The van der Waals surface area contributed by atoms with Gasteiger partial charge in [0.25, 0.3) is 5.91 Å². The molecule has 1 saturated heterocycles. The molecule has 1 N–H and O–H groups in total. The van der Waals surface area contributed by atoms with Crippen molar-refractivity contribution in [1.29, 1.82) is 0 Å². The number of amides is 1. The van der Waals surface area contributed by atoms with Crippen molar-refractivity contribution in [1.82, 2.24) is 15.1 Å². The monoisotopic (exact) mass is 389 g/mol. The third kappa shape index (κ3) is 4.19. The Morgan fingerprint density at radius 1 is 1.30 bits per heavy atom. The van der Waals surface area contributed by atoms with Gasteiger partial charge in [-0.2, -0.15) is 5.10 Å². The van der Waals surface area contributed by atoms with Crippen LogP contribution in [0.1, 0.15) is 74.1 Å². The van der Waals surface area contributed by atoms with E-state index >= 15 is 0 Å². The Bertz CT molecular complexity index is 808. The number of benzene rings is 1. The van der Waals surface area contributed by atoms with Gasteiger partial charge in [-0.25, -0.2) is 4.68 Å². The van der Waals surface area contributed by atoms with Crippen LogP contribution in [0.25, 0.3) is 5.69 Å². The predicted octanol–water partition coefficient (Wildman–Crippen LogP) is 4.68. The van der Waals surface area contributed by atoms with E-state index in [2.05, 4.69) is 33.0 Å². The highest BCUT2D eigenvalue weighted by molar-refractivity contribution is 6.32. The number of aromatic nitrogens is 2. The lowest BCUT2D eigenvalue weighted by atomic mass is 9.98. The van der Waals surface area contributed by atoms with Crippen LogP contribution < -0.4 is 5.32 Å². The average molecular weight is 390 g/mol. The first-order chi connectivity index (χ1) is 12.9. The molecule has 6 heteroatoms. The first-order valence-electron chi connectivity index (χ1n) is 9.67. The maximum absolute atomic E-state index is 13.1. The van der Waals surface area contributed by atoms with Gasteiger partial charge in [-0.1, -0.05) is 51.4 Å². The highest BCUT2D eigenvalue weighted by Crippen LogP contribution is 2.32. The summed E-state index contributed by atoms with van der Waals surface area (Å²) in [5.41, 5.74) is 3.14. The Morgan fingerprint density at radius 2 is 2.04 bits per heavy atom. The second-order valence-corrected chi connectivity index (χ2v) is 8.07. The fraction of sp³-hybridized carbons (Fsp3) is 0.524. The molecule has 2 aromatic rings. The van der Waals surface area contributed by atoms with Gasteiger partial charge < -0.3 is 10.1 Å². The smallest absolute Gasteiger partial charge is 0.255 e. The van der Waals surface area contributed by atoms with Crippen molar-refractivity contribution in [3.63, 3.8) is 0 Å². The van der Waals surface area contributed by atoms with Gasteiger partial charge in [0.05, 0.1) is 33.8 Å². The fourth-order valence-electron chi connectivity index (χ4n) is 3.53. The summed E-state index contributed by atoms with van der Waals surface area (Å²) in [5, 5.41) is 8.48. The summed E-state index contributed by atoms with van der Waals surface area (Å²) in [6, 6.07) is 7.59. The number of carbonyl (C=O) groups excluding carboxylic acids is 1. The van der Waals surface area contributed by atoms with E-state index in [1.54, 1.807) is 0 Å². The molecule has 146 valence electrons. The molecule has 0 radical (unpaired) electrons. The molecule has 5 nitrogen and oxygen atoms in total. The average Bonchev–Trinajstić information content (AvgIpc) is 3.27. The van der Waals surface area contributed by atoms with Gasteiger partial charge in [0.15, 0.2) is 0 Å². The molecule has 0 saturated carbocycles. The molecule has 1 atom stereocenters. The molecule has 0 aliphatic carbocycles. The third-order valence-corrected chi connectivity index (χ3v) is 5.18. The van der Waals surface area contributed by atoms with E-state index in [1.807, 2.05) is 28.9 Å². The molecule has 1 aliphatic heterocycles. The molecule has 1 aromatic heterocycles. The number of hydrogen-bond donors (Lipinski definition) is 1. The van der Waals surface area contributed by atoms with Crippen LogP contribution in [0, 0.1) is 0 Å². The number of para-hydroxylation sites is 1. The number of halogens is 1. The van der Waals surface area contributed by atoms with Crippen molar-refractivity contribution in [3.8, 4) is 5.69 Å². The van der Waals surface area contributed by atoms with E-state index in [4.69, 9.17) is 21.4 Å². The Labute approximate surface area is 166 Å². The Morgan fingerprint density at radius 3 is 2.63 bits per heavy atom. The number of nitrogens with zero attached hydrogens (tertiary/aromatic N) is 2. The van der Waals surface area contributed by atoms with Crippen LogP contribution in [0.4, 0.5) is 0 Å². The molecule has 27 heavy (non-hydrogen) atoms. The standard InChI is InChI=1S/C21H28ClN3O2/c1-13(2)19-18(21(26)23-12-15-8-7-11-27-15)20(14(3)4)25(24-19)17-10-6-5-9-16(17)22/h5-6,9-10,13-15H,7-8,11-12H2,1-4H3,(H,23,26)/t15-/m1/s1. The highest BCUT2D eigenvalue weighted by Gasteiger charge is 2.29. The zero-order valence-corrected chi connectivity index (χ0v) is 17.2. The Hall–Kier alpha value is -1.85. The number of nitrogens with one attached hydrogen (secondary N) is 1. The zero-order valence-electron chi connectivity index (χ0n) is 16.5. The molecule has 0 bridgehead atoms. The van der Waals surface area contributed by atoms with E-state index in [0.29, 0.717) is 17.1 Å². The number of hydrogen-bond acceptors (Lipinski definition) is 3. The lowest BCUT2D eigenvalue weighted by molar-refractivity contribution is 0.0855. The number of ether oxygens (including phenoxy) is 1. The molecule has 1 aromatic carbocycles. The minimum atomic E-state index is -0.0868. The molecule has 0 spiro atoms. The largest absolute Gasteiger partial charge is 0.376 e. The van der Waals surface area contributed by atoms with Crippen molar-refractivity contribution in [2.24, 2.45) is 0 Å². The van der Waals surface area contributed by atoms with E-state index in [9.17, 15) is 4.79 Å². The summed E-state index contributed by atoms with van der Waals surface area (Å²) in [7, 11) is 0. The Kier molecular flexibility index (Phi) is 6.22. The summed E-state index contributed by atoms with van der Waals surface area (Å²) in [6.45, 7) is 9.57. The first-order valence-corrected chi connectivity index (χ1v) is 10.1. The van der Waals surface area contributed by atoms with Gasteiger partial charge in [0.2, 0.25) is 0 Å². The summed E-state index contributed by atoms with van der Waals surface area (Å²) in [4.78, 5) is 13.1. The van der Waals surface area contributed by atoms with Crippen molar-refractivity contribution in [2.75, 3.05) is 13.2 Å². The van der Waals surface area contributed by atoms with E-state index in [1.165, 1.54) is 0 Å². The number of rotatable bonds is 6. The van der Waals surface area contributed by atoms with Gasteiger partial charge in [-0.15, -0.1) is 0 Å². The second-order valence-electron chi connectivity index (χ2n) is 7.66. The topological polar surface area (TPSA) is 56.2 Å². The molecule has 1 amide bonds. The predicted molar refractivity (Wildman–Crippen MR) is 108 cm³/mol. The minimum Gasteiger partial charge on any atom is -0.376 e. The van der Waals surface area contributed by atoms with Crippen LogP contribution in [0.3, 0.4) is 0 Å². The van der Waals surface area contributed by atoms with E-state index in [0.717, 1.165) is 36.5 Å². The van der Waals surface area contributed by atoms with Crippen molar-refractivity contribution >= 4 is 17.5 Å². The van der Waals surface area contributed by atoms with Crippen molar-refractivity contribution in [3.05, 3.63) is 46.2 Å². The third-order valence-electron chi connectivity index (χ3n) is 4.86. The van der Waals surface area contributed by atoms with Gasteiger partial charge in [-0.05, 0) is 36.8 Å². The lowest BCUT2D eigenvalue weighted by Crippen LogP contribution is -2.33. The van der Waals surface area contributed by atoms with Crippen molar-refractivity contribution < 1.29 is 9.53 Å². The molecule has 3 rings (SSSR count). The van der Waals surface area contributed by atoms with Crippen molar-refractivity contribution in [2.45, 2.75) is 58.5 Å². The molecular formula is C21H28ClN3O2. The molecule has 2 heterocycles. The zero-order chi connectivity index (χ0) is 19.6. The second kappa shape index (κ2) is 8.44. The molecule has 0 unspecified atom stereocenters. The van der Waals surface area contributed by atoms with Crippen LogP contribution in [-0.4, -0.2) is 34.9 Å². The SMILES string of the molecule is CC(C)c1nn(-c2ccccc2Cl)c(C(C)C)c1C(=O)NC[C@H]1CCCO1. The lowest BCUT2D eigenvalue weighted by Gasteiger charge is -2.15. The van der Waals surface area contributed by atoms with Crippen LogP contribution in [0.2, 0.25) is 5.02 Å². The normalized spacial score (nSPS) is 17.1. The molecule has 1 fully saturated rings. The minimum absolute atomic E-state index is 0.0868. The van der Waals surface area contributed by atoms with Gasteiger partial charge >= 0.3 is 0 Å². The van der Waals surface area contributed by atoms with E-state index < -0.39 is 0 Å². The molecular weight excluding hydrogens is 362 g/mol. The van der Waals surface area contributed by atoms with Crippen LogP contribution >= 0.6 is 11.6 Å². The Balaban J connectivity index is 2.03. The first kappa shape index (κ1) is 19.9. The molecule has 1 aliphatic rings. The van der Waals surface area contributed by atoms with Crippen LogP contribution in [0.5, 0.6) is 0 Å². The van der Waals surface area contributed by atoms with Gasteiger partial charge in [0.1, 0.15) is 0 Å². The van der Waals surface area contributed by atoms with Gasteiger partial charge in [0, 0.05) is 13.2 Å². The summed E-state index contributed by atoms with van der Waals surface area (Å²) < 4.78 is 7.47. The summed E-state index contributed by atoms with van der Waals surface area (Å²) in [6.07, 6.45) is 2.16.